The summed E-state index contributed by atoms with van der Waals surface area (Å²) in [5, 5.41) is 2.07. The number of hydrogen-bond donors (Lipinski definition) is 1. The minimum atomic E-state index is 0.770. The summed E-state index contributed by atoms with van der Waals surface area (Å²) in [6.45, 7) is 6.17. The molecule has 3 aromatic rings. The smallest absolute Gasteiger partial charge is 0.121 e. The van der Waals surface area contributed by atoms with E-state index in [0.29, 0.717) is 0 Å². The van der Waals surface area contributed by atoms with Crippen LogP contribution in [0.5, 0.6) is 5.75 Å². The first-order chi connectivity index (χ1) is 13.3. The summed E-state index contributed by atoms with van der Waals surface area (Å²) in [4.78, 5) is 8.15. The molecule has 2 aromatic carbocycles. The van der Waals surface area contributed by atoms with Crippen molar-refractivity contribution in [2.24, 2.45) is 0 Å². The zero-order valence-corrected chi connectivity index (χ0v) is 16.3. The van der Waals surface area contributed by atoms with Gasteiger partial charge < -0.3 is 14.6 Å². The lowest BCUT2D eigenvalue weighted by atomic mass is 10.2. The van der Waals surface area contributed by atoms with Crippen molar-refractivity contribution < 1.29 is 4.74 Å². The first-order valence-corrected chi connectivity index (χ1v) is 10.1. The Balaban J connectivity index is 1.15. The molecule has 4 rings (SSSR count). The molecule has 0 atom stereocenters. The van der Waals surface area contributed by atoms with Crippen LogP contribution in [0.15, 0.2) is 54.7 Å². The Morgan fingerprint density at radius 3 is 2.67 bits per heavy atom. The predicted molar refractivity (Wildman–Crippen MR) is 113 cm³/mol. The van der Waals surface area contributed by atoms with Gasteiger partial charge in [-0.05, 0) is 55.1 Å². The number of H-pyrrole nitrogens is 1. The number of nitrogens with one attached hydrogen (secondary N) is 1. The van der Waals surface area contributed by atoms with E-state index in [-0.39, 0.29) is 0 Å². The SMILES string of the molecule is Clc1ccccc1N1CCN(CCCCOc2ccc3cc[nH]c3c2)CC1. The summed E-state index contributed by atoms with van der Waals surface area (Å²) < 4.78 is 5.90. The van der Waals surface area contributed by atoms with Gasteiger partial charge in [0, 0.05) is 44.0 Å². The van der Waals surface area contributed by atoms with Crippen LogP contribution < -0.4 is 9.64 Å². The van der Waals surface area contributed by atoms with E-state index in [4.69, 9.17) is 16.3 Å². The molecule has 1 fully saturated rings. The Hall–Kier alpha value is -2.17. The number of hydrogen-bond acceptors (Lipinski definition) is 3. The van der Waals surface area contributed by atoms with Crippen LogP contribution >= 0.6 is 11.6 Å². The van der Waals surface area contributed by atoms with Gasteiger partial charge in [0.25, 0.3) is 0 Å². The van der Waals surface area contributed by atoms with Crippen molar-refractivity contribution in [3.8, 4) is 5.75 Å². The molecule has 0 saturated carbocycles. The van der Waals surface area contributed by atoms with Crippen LogP contribution in [0.1, 0.15) is 12.8 Å². The molecule has 5 heteroatoms. The number of aromatic nitrogens is 1. The van der Waals surface area contributed by atoms with Gasteiger partial charge in [0.2, 0.25) is 0 Å². The molecule has 142 valence electrons. The maximum Gasteiger partial charge on any atom is 0.121 e. The molecule has 0 bridgehead atoms. The number of halogens is 1. The topological polar surface area (TPSA) is 31.5 Å². The molecule has 1 aliphatic rings. The van der Waals surface area contributed by atoms with Gasteiger partial charge in [0.05, 0.1) is 17.3 Å². The van der Waals surface area contributed by atoms with Gasteiger partial charge >= 0.3 is 0 Å². The van der Waals surface area contributed by atoms with Crippen LogP contribution in [-0.4, -0.2) is 49.2 Å². The van der Waals surface area contributed by atoms with Crippen molar-refractivity contribution in [3.05, 3.63) is 59.8 Å². The number of fused-ring (bicyclic) bond motifs is 1. The summed E-state index contributed by atoms with van der Waals surface area (Å²) >= 11 is 6.32. The summed E-state index contributed by atoms with van der Waals surface area (Å²) in [5.41, 5.74) is 2.29. The van der Waals surface area contributed by atoms with E-state index >= 15 is 0 Å². The first-order valence-electron chi connectivity index (χ1n) is 9.71. The Morgan fingerprint density at radius 2 is 1.81 bits per heavy atom. The maximum absolute atomic E-state index is 6.32. The summed E-state index contributed by atoms with van der Waals surface area (Å²) in [5.74, 6) is 0.943. The van der Waals surface area contributed by atoms with Crippen molar-refractivity contribution >= 4 is 28.2 Å². The van der Waals surface area contributed by atoms with Gasteiger partial charge in [-0.15, -0.1) is 0 Å². The number of anilines is 1. The number of piperazine rings is 1. The Bertz CT molecular complexity index is 871. The highest BCUT2D eigenvalue weighted by molar-refractivity contribution is 6.33. The molecule has 4 nitrogen and oxygen atoms in total. The Morgan fingerprint density at radius 1 is 0.963 bits per heavy atom. The lowest BCUT2D eigenvalue weighted by molar-refractivity contribution is 0.238. The lowest BCUT2D eigenvalue weighted by Gasteiger charge is -2.36. The number of rotatable bonds is 7. The largest absolute Gasteiger partial charge is 0.494 e. The summed E-state index contributed by atoms with van der Waals surface area (Å²) in [7, 11) is 0. The molecule has 0 spiro atoms. The van der Waals surface area contributed by atoms with Crippen LogP contribution in [-0.2, 0) is 0 Å². The summed E-state index contributed by atoms with van der Waals surface area (Å²) in [6.07, 6.45) is 4.20. The normalized spacial score (nSPS) is 15.4. The molecule has 1 aromatic heterocycles. The third kappa shape index (κ3) is 4.57. The molecule has 2 heterocycles. The molecule has 1 aliphatic heterocycles. The zero-order valence-electron chi connectivity index (χ0n) is 15.5. The fraction of sp³-hybridized carbons (Fsp3) is 0.364. The zero-order chi connectivity index (χ0) is 18.5. The van der Waals surface area contributed by atoms with Crippen LogP contribution in [0, 0.1) is 0 Å². The van der Waals surface area contributed by atoms with E-state index in [1.165, 1.54) is 5.39 Å². The summed E-state index contributed by atoms with van der Waals surface area (Å²) in [6, 6.07) is 16.4. The van der Waals surface area contributed by atoms with Crippen molar-refractivity contribution in [1.29, 1.82) is 0 Å². The predicted octanol–water partition coefficient (Wildman–Crippen LogP) is 4.80. The Labute approximate surface area is 165 Å². The minimum absolute atomic E-state index is 0.770. The average Bonchev–Trinajstić information content (AvgIpc) is 3.17. The fourth-order valence-corrected chi connectivity index (χ4v) is 3.92. The molecule has 0 unspecified atom stereocenters. The molecular formula is C22H26ClN3O. The molecule has 1 saturated heterocycles. The number of unbranched alkanes of at least 4 members (excludes halogenated alkanes) is 1. The number of benzene rings is 2. The Kier molecular flexibility index (Phi) is 5.85. The standard InChI is InChI=1S/C22H26ClN3O/c23-20-5-1-2-6-22(20)26-14-12-25(13-15-26)11-3-4-16-27-19-8-7-18-9-10-24-21(18)17-19/h1-2,5-10,17,24H,3-4,11-16H2. The van der Waals surface area contributed by atoms with Crippen molar-refractivity contribution in [1.82, 2.24) is 9.88 Å². The third-order valence-electron chi connectivity index (χ3n) is 5.23. The minimum Gasteiger partial charge on any atom is -0.494 e. The molecule has 0 aliphatic carbocycles. The fourth-order valence-electron chi connectivity index (χ4n) is 3.66. The van der Waals surface area contributed by atoms with Gasteiger partial charge in [-0.2, -0.15) is 0 Å². The van der Waals surface area contributed by atoms with Crippen LogP contribution in [0.25, 0.3) is 10.9 Å². The highest BCUT2D eigenvalue weighted by atomic mass is 35.5. The third-order valence-corrected chi connectivity index (χ3v) is 5.55. The highest BCUT2D eigenvalue weighted by Gasteiger charge is 2.18. The maximum atomic E-state index is 6.32. The van der Waals surface area contributed by atoms with Crippen LogP contribution in [0.3, 0.4) is 0 Å². The second-order valence-electron chi connectivity index (χ2n) is 7.06. The van der Waals surface area contributed by atoms with Crippen LogP contribution in [0.2, 0.25) is 5.02 Å². The van der Waals surface area contributed by atoms with Crippen molar-refractivity contribution in [2.45, 2.75) is 12.8 Å². The monoisotopic (exact) mass is 383 g/mol. The highest BCUT2D eigenvalue weighted by Crippen LogP contribution is 2.26. The lowest BCUT2D eigenvalue weighted by Crippen LogP contribution is -2.46. The van der Waals surface area contributed by atoms with Crippen molar-refractivity contribution in [3.63, 3.8) is 0 Å². The van der Waals surface area contributed by atoms with E-state index in [0.717, 1.165) is 74.1 Å². The number of para-hydroxylation sites is 1. The quantitative estimate of drug-likeness (QED) is 0.594. The van der Waals surface area contributed by atoms with Crippen LogP contribution in [0.4, 0.5) is 5.69 Å². The number of aromatic amines is 1. The van der Waals surface area contributed by atoms with Gasteiger partial charge in [-0.3, -0.25) is 4.90 Å². The van der Waals surface area contributed by atoms with Gasteiger partial charge in [0.15, 0.2) is 0 Å². The van der Waals surface area contributed by atoms with Crippen molar-refractivity contribution in [2.75, 3.05) is 44.2 Å². The first kappa shape index (κ1) is 18.2. The molecular weight excluding hydrogens is 358 g/mol. The molecule has 27 heavy (non-hydrogen) atoms. The average molecular weight is 384 g/mol. The van der Waals surface area contributed by atoms with E-state index < -0.39 is 0 Å². The van der Waals surface area contributed by atoms with E-state index in [1.54, 1.807) is 0 Å². The van der Waals surface area contributed by atoms with E-state index in [9.17, 15) is 0 Å². The van der Waals surface area contributed by atoms with E-state index in [2.05, 4.69) is 45.1 Å². The number of ether oxygens (including phenoxy) is 1. The second kappa shape index (κ2) is 8.68. The van der Waals surface area contributed by atoms with Gasteiger partial charge in [-0.25, -0.2) is 0 Å². The molecule has 0 amide bonds. The van der Waals surface area contributed by atoms with E-state index in [1.807, 2.05) is 24.4 Å². The van der Waals surface area contributed by atoms with Gasteiger partial charge in [0.1, 0.15) is 5.75 Å². The molecule has 1 N–H and O–H groups in total. The van der Waals surface area contributed by atoms with Gasteiger partial charge in [-0.1, -0.05) is 23.7 Å². The number of nitrogens with zero attached hydrogens (tertiary/aromatic N) is 2. The second-order valence-corrected chi connectivity index (χ2v) is 7.47. The molecule has 0 radical (unpaired) electrons.